The van der Waals surface area contributed by atoms with E-state index in [1.54, 1.807) is 6.20 Å². The summed E-state index contributed by atoms with van der Waals surface area (Å²) in [5.74, 6) is -1.42. The summed E-state index contributed by atoms with van der Waals surface area (Å²) in [6.45, 7) is 9.44. The zero-order chi connectivity index (χ0) is 22.5. The molecule has 1 aromatic rings. The lowest BCUT2D eigenvalue weighted by Crippen LogP contribution is -2.38. The number of nitrogens with zero attached hydrogens (tertiary/aromatic N) is 3. The third-order valence-electron chi connectivity index (χ3n) is 5.95. The van der Waals surface area contributed by atoms with Crippen molar-refractivity contribution in [1.82, 2.24) is 14.9 Å². The topological polar surface area (TPSA) is 94.0 Å². The Bertz CT molecular complexity index is 745. The third-order valence-corrected chi connectivity index (χ3v) is 5.95. The lowest BCUT2D eigenvalue weighted by Gasteiger charge is -2.29. The molecule has 0 aliphatic carbocycles. The number of fused-ring (bicyclic) bond motifs is 1. The summed E-state index contributed by atoms with van der Waals surface area (Å²) in [4.78, 5) is 20.1. The molecule has 0 aromatic carbocycles. The third kappa shape index (κ3) is 6.50. The fourth-order valence-corrected chi connectivity index (χ4v) is 4.28. The number of aromatic nitrogens is 2. The highest BCUT2D eigenvalue weighted by molar-refractivity contribution is 5.73. The molecule has 0 saturated carbocycles. The van der Waals surface area contributed by atoms with E-state index in [1.165, 1.54) is 19.4 Å². The SMILES string of the molecule is Cc1ccnc(OC[C@]23COC[C@H]2CN(CC2CCOCC2)C3)n1.O=C(O)C(F)(F)F. The number of alkyl halides is 3. The maximum absolute atomic E-state index is 10.6. The molecular weight excluding hydrogens is 419 g/mol. The summed E-state index contributed by atoms with van der Waals surface area (Å²) in [6, 6.07) is 2.37. The molecule has 0 unspecified atom stereocenters. The van der Waals surface area contributed by atoms with Crippen molar-refractivity contribution in [1.29, 1.82) is 0 Å². The molecule has 1 aromatic heterocycles. The Morgan fingerprint density at radius 3 is 2.71 bits per heavy atom. The van der Waals surface area contributed by atoms with Gasteiger partial charge in [-0.25, -0.2) is 14.8 Å². The zero-order valence-corrected chi connectivity index (χ0v) is 17.4. The number of carboxylic acid groups (broad SMARTS) is 1. The number of hydrogen-bond acceptors (Lipinski definition) is 7. The first-order chi connectivity index (χ1) is 14.7. The number of hydrogen-bond donors (Lipinski definition) is 1. The van der Waals surface area contributed by atoms with Gasteiger partial charge in [0, 0.05) is 56.1 Å². The second kappa shape index (κ2) is 10.1. The molecule has 31 heavy (non-hydrogen) atoms. The largest absolute Gasteiger partial charge is 0.490 e. The van der Waals surface area contributed by atoms with Crippen LogP contribution in [0.15, 0.2) is 12.3 Å². The van der Waals surface area contributed by atoms with Gasteiger partial charge >= 0.3 is 18.2 Å². The average molecular weight is 447 g/mol. The average Bonchev–Trinajstić information content (AvgIpc) is 3.24. The Labute approximate surface area is 178 Å². The van der Waals surface area contributed by atoms with Gasteiger partial charge in [0.15, 0.2) is 0 Å². The van der Waals surface area contributed by atoms with Crippen LogP contribution < -0.4 is 4.74 Å². The van der Waals surface area contributed by atoms with Crippen LogP contribution >= 0.6 is 0 Å². The molecule has 0 bridgehead atoms. The summed E-state index contributed by atoms with van der Waals surface area (Å²) >= 11 is 0. The Hall–Kier alpha value is -1.98. The first kappa shape index (κ1) is 23.7. The first-order valence-corrected chi connectivity index (χ1v) is 10.3. The molecule has 11 heteroatoms. The lowest BCUT2D eigenvalue weighted by molar-refractivity contribution is -0.192. The molecule has 2 atom stereocenters. The summed E-state index contributed by atoms with van der Waals surface area (Å²) in [5, 5.41) is 7.12. The van der Waals surface area contributed by atoms with Crippen LogP contribution in [0.5, 0.6) is 6.01 Å². The number of carboxylic acids is 1. The molecule has 0 radical (unpaired) electrons. The van der Waals surface area contributed by atoms with Crippen LogP contribution in [-0.2, 0) is 14.3 Å². The van der Waals surface area contributed by atoms with Gasteiger partial charge in [-0.3, -0.25) is 0 Å². The van der Waals surface area contributed by atoms with Gasteiger partial charge in [0.05, 0.1) is 13.2 Å². The quantitative estimate of drug-likeness (QED) is 0.734. The van der Waals surface area contributed by atoms with E-state index in [4.69, 9.17) is 24.1 Å². The minimum atomic E-state index is -5.08. The molecule has 3 fully saturated rings. The number of carbonyl (C=O) groups is 1. The Morgan fingerprint density at radius 2 is 2.06 bits per heavy atom. The molecule has 0 amide bonds. The minimum Gasteiger partial charge on any atom is -0.475 e. The smallest absolute Gasteiger partial charge is 0.475 e. The van der Waals surface area contributed by atoms with Gasteiger partial charge in [0.25, 0.3) is 0 Å². The highest BCUT2D eigenvalue weighted by Crippen LogP contribution is 2.42. The predicted molar refractivity (Wildman–Crippen MR) is 103 cm³/mol. The van der Waals surface area contributed by atoms with Crippen LogP contribution in [0.3, 0.4) is 0 Å². The van der Waals surface area contributed by atoms with Gasteiger partial charge in [-0.1, -0.05) is 0 Å². The molecule has 0 spiro atoms. The molecule has 8 nitrogen and oxygen atoms in total. The molecule has 1 N–H and O–H groups in total. The van der Waals surface area contributed by atoms with Crippen LogP contribution in [0, 0.1) is 24.2 Å². The normalized spacial score (nSPS) is 26.8. The van der Waals surface area contributed by atoms with Crippen molar-refractivity contribution in [2.45, 2.75) is 25.9 Å². The fourth-order valence-electron chi connectivity index (χ4n) is 4.28. The standard InChI is InChI=1S/C18H27N3O3.C2HF3O2/c1-14-2-5-19-17(20-14)24-13-18-11-21(9-16(18)10-23-12-18)8-15-3-6-22-7-4-15;3-2(4,5)1(6)7/h2,5,15-16H,3-4,6-13H2,1H3;(H,6,7)/t16-,18+;/m1./s1. The number of aryl methyl sites for hydroxylation is 1. The number of aliphatic carboxylic acids is 1. The van der Waals surface area contributed by atoms with E-state index >= 15 is 0 Å². The molecule has 3 saturated heterocycles. The number of likely N-dealkylation sites (tertiary alicyclic amines) is 1. The summed E-state index contributed by atoms with van der Waals surface area (Å²) < 4.78 is 49.0. The van der Waals surface area contributed by atoms with E-state index in [0.717, 1.165) is 51.1 Å². The molecular formula is C20H28F3N3O5. The molecule has 4 rings (SSSR count). The second-order valence-corrected chi connectivity index (χ2v) is 8.40. The van der Waals surface area contributed by atoms with Crippen LogP contribution in [0.4, 0.5) is 13.2 Å². The Kier molecular flexibility index (Phi) is 7.71. The van der Waals surface area contributed by atoms with Crippen molar-refractivity contribution in [3.05, 3.63) is 18.0 Å². The van der Waals surface area contributed by atoms with Crippen molar-refractivity contribution in [3.63, 3.8) is 0 Å². The van der Waals surface area contributed by atoms with Gasteiger partial charge in [-0.05, 0) is 31.7 Å². The van der Waals surface area contributed by atoms with Crippen molar-refractivity contribution >= 4 is 5.97 Å². The van der Waals surface area contributed by atoms with E-state index in [0.29, 0.717) is 18.5 Å². The summed E-state index contributed by atoms with van der Waals surface area (Å²) in [6.07, 6.45) is -0.944. The summed E-state index contributed by atoms with van der Waals surface area (Å²) in [5.41, 5.74) is 1.03. The van der Waals surface area contributed by atoms with Gasteiger partial charge in [0.2, 0.25) is 0 Å². The van der Waals surface area contributed by atoms with Crippen LogP contribution in [0.2, 0.25) is 0 Å². The van der Waals surface area contributed by atoms with Crippen molar-refractivity contribution in [2.75, 3.05) is 52.7 Å². The zero-order valence-electron chi connectivity index (χ0n) is 17.4. The Balaban J connectivity index is 0.000000339. The van der Waals surface area contributed by atoms with Gasteiger partial charge in [-0.2, -0.15) is 13.2 Å². The number of rotatable bonds is 5. The van der Waals surface area contributed by atoms with Crippen LogP contribution in [-0.4, -0.2) is 84.8 Å². The van der Waals surface area contributed by atoms with E-state index in [1.807, 2.05) is 13.0 Å². The molecule has 3 aliphatic rings. The Morgan fingerprint density at radius 1 is 1.35 bits per heavy atom. The van der Waals surface area contributed by atoms with Crippen molar-refractivity contribution in [2.24, 2.45) is 17.3 Å². The van der Waals surface area contributed by atoms with Gasteiger partial charge in [0.1, 0.15) is 6.61 Å². The fraction of sp³-hybridized carbons (Fsp3) is 0.750. The molecule has 4 heterocycles. The first-order valence-electron chi connectivity index (χ1n) is 10.3. The van der Waals surface area contributed by atoms with Gasteiger partial charge < -0.3 is 24.2 Å². The number of halogens is 3. The van der Waals surface area contributed by atoms with Crippen molar-refractivity contribution in [3.8, 4) is 6.01 Å². The van der Waals surface area contributed by atoms with Crippen LogP contribution in [0.25, 0.3) is 0 Å². The molecule has 3 aliphatic heterocycles. The van der Waals surface area contributed by atoms with E-state index < -0.39 is 12.1 Å². The number of ether oxygens (including phenoxy) is 3. The second-order valence-electron chi connectivity index (χ2n) is 8.40. The van der Waals surface area contributed by atoms with E-state index in [2.05, 4.69) is 14.9 Å². The highest BCUT2D eigenvalue weighted by atomic mass is 19.4. The predicted octanol–water partition coefficient (Wildman–Crippen LogP) is 2.17. The van der Waals surface area contributed by atoms with E-state index in [9.17, 15) is 13.2 Å². The lowest BCUT2D eigenvalue weighted by atomic mass is 9.82. The maximum Gasteiger partial charge on any atom is 0.490 e. The van der Waals surface area contributed by atoms with Crippen molar-refractivity contribution < 1.29 is 37.3 Å². The minimum absolute atomic E-state index is 0.0955. The maximum atomic E-state index is 10.6. The van der Waals surface area contributed by atoms with Gasteiger partial charge in [-0.15, -0.1) is 0 Å². The molecule has 174 valence electrons. The van der Waals surface area contributed by atoms with E-state index in [-0.39, 0.29) is 5.41 Å². The monoisotopic (exact) mass is 447 g/mol. The summed E-state index contributed by atoms with van der Waals surface area (Å²) in [7, 11) is 0. The highest BCUT2D eigenvalue weighted by Gasteiger charge is 2.51. The van der Waals surface area contributed by atoms with Crippen LogP contribution in [0.1, 0.15) is 18.5 Å².